The molecule has 0 fully saturated rings. The number of rotatable bonds is 18. The van der Waals surface area contributed by atoms with Crippen LogP contribution in [0.1, 0.15) is 117 Å². The van der Waals surface area contributed by atoms with E-state index in [0.29, 0.717) is 0 Å². The molecule has 0 radical (unpaired) electrons. The highest BCUT2D eigenvalue weighted by atomic mass is 28.2. The molecule has 0 aliphatic carbocycles. The van der Waals surface area contributed by atoms with Crippen molar-refractivity contribution in [3.05, 3.63) is 0 Å². The summed E-state index contributed by atoms with van der Waals surface area (Å²) in [7, 11) is 1.36. The molecule has 0 rings (SSSR count). The number of nitrogens with zero attached hydrogens (tertiary/aromatic N) is 1. The van der Waals surface area contributed by atoms with E-state index >= 15 is 0 Å². The van der Waals surface area contributed by atoms with E-state index in [1.54, 1.807) is 0 Å². The van der Waals surface area contributed by atoms with Crippen molar-refractivity contribution < 1.29 is 4.15 Å². The van der Waals surface area contributed by atoms with Gasteiger partial charge in [0.25, 0.3) is 0 Å². The van der Waals surface area contributed by atoms with Crippen LogP contribution < -0.4 is 0 Å². The Labute approximate surface area is 151 Å². The Kier molecular flexibility index (Phi) is 17.1. The van der Waals surface area contributed by atoms with Crippen LogP contribution in [0.5, 0.6) is 0 Å². The highest BCUT2D eigenvalue weighted by Gasteiger charge is 2.18. The summed E-state index contributed by atoms with van der Waals surface area (Å²) in [5, 5.41) is 0. The molecule has 0 aliphatic heterocycles. The second-order valence-electron chi connectivity index (χ2n) is 8.03. The fourth-order valence-corrected chi connectivity index (χ4v) is 4.58. The maximum Gasteiger partial charge on any atom is 0.239 e. The summed E-state index contributed by atoms with van der Waals surface area (Å²) in [4.78, 5) is 0. The summed E-state index contributed by atoms with van der Waals surface area (Å²) in [6.45, 7) is 11.4. The molecule has 0 saturated carbocycles. The van der Waals surface area contributed by atoms with Gasteiger partial charge in [-0.1, -0.05) is 78.6 Å². The Hall–Kier alpha value is 0.177. The van der Waals surface area contributed by atoms with Gasteiger partial charge >= 0.3 is 0 Å². The Morgan fingerprint density at radius 3 is 0.957 bits per heavy atom. The van der Waals surface area contributed by atoms with E-state index in [4.69, 9.17) is 0 Å². The summed E-state index contributed by atoms with van der Waals surface area (Å²) in [5.74, 6) is 0. The molecule has 0 aromatic carbocycles. The average molecular weight is 343 g/mol. The Morgan fingerprint density at radius 1 is 0.435 bits per heavy atom. The van der Waals surface area contributed by atoms with Crippen molar-refractivity contribution in [3.63, 3.8) is 0 Å². The Balaban J connectivity index is 4.00. The number of hydrogen-bond donors (Lipinski definition) is 0. The molecule has 0 spiro atoms. The van der Waals surface area contributed by atoms with Crippen molar-refractivity contribution in [3.8, 4) is 0 Å². The SMILES string of the molecule is CCCCCCC[N+]([SiH3])(CCCCCCC)CCCCCCC. The van der Waals surface area contributed by atoms with E-state index in [1.165, 1.54) is 130 Å². The first-order valence-electron chi connectivity index (χ1n) is 11.0. The predicted octanol–water partition coefficient (Wildman–Crippen LogP) is 5.99. The van der Waals surface area contributed by atoms with Gasteiger partial charge in [0, 0.05) is 0 Å². The topological polar surface area (TPSA) is 0 Å². The Bertz CT molecular complexity index is 194. The molecule has 0 unspecified atom stereocenters. The van der Waals surface area contributed by atoms with E-state index in [1.807, 2.05) is 0 Å². The third-order valence-corrected chi connectivity index (χ3v) is 6.75. The predicted molar refractivity (Wildman–Crippen MR) is 111 cm³/mol. The first kappa shape index (κ1) is 23.2. The lowest BCUT2D eigenvalue weighted by molar-refractivity contribution is -0.818. The molecule has 0 heterocycles. The van der Waals surface area contributed by atoms with Crippen molar-refractivity contribution in [1.29, 1.82) is 0 Å². The summed E-state index contributed by atoms with van der Waals surface area (Å²) >= 11 is 0. The van der Waals surface area contributed by atoms with Crippen LogP contribution in [0.25, 0.3) is 0 Å². The second kappa shape index (κ2) is 17.0. The third-order valence-electron chi connectivity index (χ3n) is 5.40. The molecule has 23 heavy (non-hydrogen) atoms. The monoisotopic (exact) mass is 342 g/mol. The maximum atomic E-state index is 2.32. The smallest absolute Gasteiger partial charge is 0.239 e. The van der Waals surface area contributed by atoms with Crippen molar-refractivity contribution >= 4 is 10.4 Å². The summed E-state index contributed by atoms with van der Waals surface area (Å²) in [6, 6.07) is 0. The van der Waals surface area contributed by atoms with Gasteiger partial charge in [0.2, 0.25) is 10.4 Å². The van der Waals surface area contributed by atoms with Crippen LogP contribution in [-0.4, -0.2) is 34.2 Å². The van der Waals surface area contributed by atoms with E-state index in [2.05, 4.69) is 20.8 Å². The third kappa shape index (κ3) is 15.4. The van der Waals surface area contributed by atoms with Gasteiger partial charge in [-0.15, -0.1) is 0 Å². The van der Waals surface area contributed by atoms with Gasteiger partial charge < -0.3 is 4.15 Å². The molecule has 0 saturated heterocycles. The zero-order valence-electron chi connectivity index (χ0n) is 17.2. The van der Waals surface area contributed by atoms with E-state index in [-0.39, 0.29) is 0 Å². The molecule has 0 aromatic heterocycles. The van der Waals surface area contributed by atoms with Crippen molar-refractivity contribution in [2.24, 2.45) is 0 Å². The fourth-order valence-electron chi connectivity index (χ4n) is 3.63. The van der Waals surface area contributed by atoms with E-state index < -0.39 is 0 Å². The lowest BCUT2D eigenvalue weighted by atomic mass is 10.1. The quantitative estimate of drug-likeness (QED) is 0.212. The molecule has 0 atom stereocenters. The molecule has 1 nitrogen and oxygen atoms in total. The van der Waals surface area contributed by atoms with Crippen LogP contribution >= 0.6 is 0 Å². The highest BCUT2D eigenvalue weighted by molar-refractivity contribution is 5.97. The molecule has 0 N–H and O–H groups in total. The van der Waals surface area contributed by atoms with Gasteiger partial charge in [0.1, 0.15) is 0 Å². The van der Waals surface area contributed by atoms with Crippen LogP contribution in [0.4, 0.5) is 0 Å². The summed E-state index contributed by atoms with van der Waals surface area (Å²) in [5.41, 5.74) is 0. The second-order valence-corrected chi connectivity index (χ2v) is 9.93. The van der Waals surface area contributed by atoms with Crippen molar-refractivity contribution in [1.82, 2.24) is 0 Å². The lowest BCUT2D eigenvalue weighted by Crippen LogP contribution is -2.47. The zero-order valence-corrected chi connectivity index (χ0v) is 19.2. The largest absolute Gasteiger partial charge is 0.390 e. The first-order chi connectivity index (χ1) is 11.2. The van der Waals surface area contributed by atoms with Crippen LogP contribution in [0, 0.1) is 0 Å². The first-order valence-corrected chi connectivity index (χ1v) is 11.9. The normalized spacial score (nSPS) is 12.1. The Morgan fingerprint density at radius 2 is 0.696 bits per heavy atom. The van der Waals surface area contributed by atoms with Crippen molar-refractivity contribution in [2.45, 2.75) is 117 Å². The maximum absolute atomic E-state index is 2.32. The number of quaternary nitrogens is 1. The van der Waals surface area contributed by atoms with Gasteiger partial charge in [0.15, 0.2) is 0 Å². The zero-order chi connectivity index (χ0) is 17.2. The van der Waals surface area contributed by atoms with Gasteiger partial charge in [-0.05, 0) is 38.5 Å². The van der Waals surface area contributed by atoms with Crippen molar-refractivity contribution in [2.75, 3.05) is 19.6 Å². The van der Waals surface area contributed by atoms with Crippen LogP contribution in [-0.2, 0) is 0 Å². The molecule has 0 amide bonds. The fraction of sp³-hybridized carbons (Fsp3) is 1.00. The number of hydrogen-bond acceptors (Lipinski definition) is 0. The number of unbranched alkanes of at least 4 members (excludes halogenated alkanes) is 12. The molecule has 0 aliphatic rings. The minimum Gasteiger partial charge on any atom is -0.390 e. The van der Waals surface area contributed by atoms with Crippen LogP contribution in [0.2, 0.25) is 0 Å². The molecule has 0 aromatic rings. The molecule has 2 heteroatoms. The summed E-state index contributed by atoms with van der Waals surface area (Å²) < 4.78 is 1.49. The lowest BCUT2D eigenvalue weighted by Gasteiger charge is -2.37. The van der Waals surface area contributed by atoms with Gasteiger partial charge in [-0.2, -0.15) is 0 Å². The van der Waals surface area contributed by atoms with Crippen LogP contribution in [0.15, 0.2) is 0 Å². The van der Waals surface area contributed by atoms with Gasteiger partial charge in [0.05, 0.1) is 19.6 Å². The minimum absolute atomic E-state index is 1.36. The van der Waals surface area contributed by atoms with Gasteiger partial charge in [-0.25, -0.2) is 0 Å². The molecular weight excluding hydrogens is 294 g/mol. The molecule has 140 valence electrons. The van der Waals surface area contributed by atoms with Gasteiger partial charge in [-0.3, -0.25) is 0 Å². The standard InChI is InChI=1S/C21H48NSi/c1-4-7-10-13-16-19-22(23,20-17-14-11-8-5-2)21-18-15-12-9-6-3/h4-21H2,1-3,23H3/q+1. The van der Waals surface area contributed by atoms with Crippen LogP contribution in [0.3, 0.4) is 0 Å². The molecular formula is C21H48NSi+. The molecule has 0 bridgehead atoms. The average Bonchev–Trinajstić information content (AvgIpc) is 2.54. The van der Waals surface area contributed by atoms with E-state index in [0.717, 1.165) is 0 Å². The highest BCUT2D eigenvalue weighted by Crippen LogP contribution is 2.15. The van der Waals surface area contributed by atoms with E-state index in [9.17, 15) is 0 Å². The summed E-state index contributed by atoms with van der Waals surface area (Å²) in [6.07, 6.45) is 21.7. The minimum atomic E-state index is 1.36.